The highest BCUT2D eigenvalue weighted by Gasteiger charge is 2.29. The molecule has 2 heterocycles. The van der Waals surface area contributed by atoms with Gasteiger partial charge in [0.25, 0.3) is 11.8 Å². The third-order valence-electron chi connectivity index (χ3n) is 7.20. The highest BCUT2D eigenvalue weighted by atomic mass is 35.5. The third-order valence-corrected chi connectivity index (χ3v) is 8.76. The zero-order chi connectivity index (χ0) is 26.6. The lowest BCUT2D eigenvalue weighted by molar-refractivity contribution is 0.0891. The quantitative estimate of drug-likeness (QED) is 0.313. The SMILES string of the molecule is O=C(NC1CCC(NC(=O)c2cn(C3CC3)c3cc(Cl)c(F)cc3c2=O)CC1)c1nc2cc(Cl)ccc2s1. The molecule has 6 rings (SSSR count). The minimum atomic E-state index is -0.689. The van der Waals surface area contributed by atoms with Crippen LogP contribution in [0, 0.1) is 5.82 Å². The number of aromatic nitrogens is 2. The minimum Gasteiger partial charge on any atom is -0.349 e. The van der Waals surface area contributed by atoms with Crippen LogP contribution >= 0.6 is 34.5 Å². The number of carbonyl (C=O) groups excluding carboxylic acids is 2. The van der Waals surface area contributed by atoms with E-state index in [1.54, 1.807) is 18.3 Å². The number of hydrogen-bond acceptors (Lipinski definition) is 5. The summed E-state index contributed by atoms with van der Waals surface area (Å²) in [5.41, 5.74) is 0.716. The van der Waals surface area contributed by atoms with Gasteiger partial charge in [-0.05, 0) is 68.9 Å². The van der Waals surface area contributed by atoms with Crippen molar-refractivity contribution in [2.45, 2.75) is 56.7 Å². The molecule has 0 aliphatic heterocycles. The molecule has 2 aromatic carbocycles. The third kappa shape index (κ3) is 4.90. The van der Waals surface area contributed by atoms with Crippen molar-refractivity contribution in [2.24, 2.45) is 0 Å². The Bertz CT molecular complexity index is 1660. The molecule has 0 bridgehead atoms. The van der Waals surface area contributed by atoms with Crippen LogP contribution in [-0.4, -0.2) is 33.4 Å². The molecule has 0 atom stereocenters. The van der Waals surface area contributed by atoms with E-state index in [0.29, 0.717) is 46.7 Å². The normalized spacial score (nSPS) is 19.6. The van der Waals surface area contributed by atoms with Gasteiger partial charge in [-0.15, -0.1) is 11.3 Å². The lowest BCUT2D eigenvalue weighted by atomic mass is 9.91. The fraction of sp³-hybridized carbons (Fsp3) is 0.333. The maximum Gasteiger partial charge on any atom is 0.280 e. The summed E-state index contributed by atoms with van der Waals surface area (Å²) >= 11 is 13.3. The number of amides is 2. The van der Waals surface area contributed by atoms with E-state index in [4.69, 9.17) is 23.2 Å². The monoisotopic (exact) mass is 572 g/mol. The molecule has 2 aliphatic rings. The van der Waals surface area contributed by atoms with Crippen LogP contribution in [0.1, 0.15) is 64.7 Å². The first kappa shape index (κ1) is 25.3. The van der Waals surface area contributed by atoms with Crippen LogP contribution in [0.15, 0.2) is 41.3 Å². The summed E-state index contributed by atoms with van der Waals surface area (Å²) in [5, 5.41) is 7.07. The molecule has 7 nitrogen and oxygen atoms in total. The maximum atomic E-state index is 14.2. The molecule has 0 unspecified atom stereocenters. The van der Waals surface area contributed by atoms with E-state index in [1.807, 2.05) is 10.6 Å². The van der Waals surface area contributed by atoms with E-state index in [2.05, 4.69) is 15.6 Å². The van der Waals surface area contributed by atoms with Gasteiger partial charge in [0, 0.05) is 34.7 Å². The number of rotatable bonds is 5. The first-order valence-corrected chi connectivity index (χ1v) is 14.1. The Labute approximate surface area is 231 Å². The molecule has 0 saturated heterocycles. The average molecular weight is 573 g/mol. The Morgan fingerprint density at radius 2 is 1.66 bits per heavy atom. The molecule has 11 heteroatoms. The molecule has 2 aliphatic carbocycles. The molecule has 2 saturated carbocycles. The summed E-state index contributed by atoms with van der Waals surface area (Å²) in [7, 11) is 0. The van der Waals surface area contributed by atoms with Gasteiger partial charge in [0.05, 0.1) is 20.8 Å². The van der Waals surface area contributed by atoms with Crippen LogP contribution < -0.4 is 16.1 Å². The predicted molar refractivity (Wildman–Crippen MR) is 147 cm³/mol. The topological polar surface area (TPSA) is 93.1 Å². The molecule has 196 valence electrons. The summed E-state index contributed by atoms with van der Waals surface area (Å²) in [6.07, 6.45) is 6.09. The standard InChI is InChI=1S/C27H23Cl2FN4O3S/c28-13-1-8-23-21(9-13)33-27(38-23)26(37)32-15-4-2-14(3-5-15)31-25(36)18-12-34(16-6-7-16)22-11-19(29)20(30)10-17(22)24(18)35/h1,8-12,14-16H,2-7H2,(H,31,36)(H,32,37). The molecule has 2 amide bonds. The van der Waals surface area contributed by atoms with Crippen molar-refractivity contribution in [1.82, 2.24) is 20.2 Å². The zero-order valence-electron chi connectivity index (χ0n) is 20.1. The van der Waals surface area contributed by atoms with Crippen molar-refractivity contribution in [2.75, 3.05) is 0 Å². The summed E-state index contributed by atoms with van der Waals surface area (Å²) in [5.74, 6) is -1.38. The Morgan fingerprint density at radius 1 is 0.974 bits per heavy atom. The Hall–Kier alpha value is -3.01. The number of carbonyl (C=O) groups is 2. The number of benzene rings is 2. The molecule has 0 spiro atoms. The van der Waals surface area contributed by atoms with E-state index in [0.717, 1.165) is 23.6 Å². The molecule has 2 aromatic heterocycles. The number of nitrogens with one attached hydrogen (secondary N) is 2. The van der Waals surface area contributed by atoms with Crippen LogP contribution in [0.25, 0.3) is 21.1 Å². The smallest absolute Gasteiger partial charge is 0.280 e. The summed E-state index contributed by atoms with van der Waals surface area (Å²) < 4.78 is 16.9. The second kappa shape index (κ2) is 9.94. The average Bonchev–Trinajstić information content (AvgIpc) is 3.64. The first-order valence-electron chi connectivity index (χ1n) is 12.5. The minimum absolute atomic E-state index is 0.00233. The number of fused-ring (bicyclic) bond motifs is 2. The van der Waals surface area contributed by atoms with Crippen molar-refractivity contribution in [1.29, 1.82) is 0 Å². The zero-order valence-corrected chi connectivity index (χ0v) is 22.4. The predicted octanol–water partition coefficient (Wildman–Crippen LogP) is 5.86. The van der Waals surface area contributed by atoms with Crippen LogP contribution in [0.3, 0.4) is 0 Å². The highest BCUT2D eigenvalue weighted by Crippen LogP contribution is 2.37. The first-order chi connectivity index (χ1) is 18.3. The fourth-order valence-electron chi connectivity index (χ4n) is 5.05. The van der Waals surface area contributed by atoms with Crippen molar-refractivity contribution in [3.8, 4) is 0 Å². The Balaban J connectivity index is 1.12. The van der Waals surface area contributed by atoms with Crippen LogP contribution in [0.2, 0.25) is 10.0 Å². The summed E-state index contributed by atoms with van der Waals surface area (Å²) in [6.45, 7) is 0. The van der Waals surface area contributed by atoms with E-state index in [1.165, 1.54) is 17.4 Å². The van der Waals surface area contributed by atoms with Gasteiger partial charge in [0.15, 0.2) is 5.01 Å². The second-order valence-electron chi connectivity index (χ2n) is 9.92. The van der Waals surface area contributed by atoms with Crippen LogP contribution in [0.4, 0.5) is 4.39 Å². The maximum absolute atomic E-state index is 14.2. The van der Waals surface area contributed by atoms with E-state index in [9.17, 15) is 18.8 Å². The number of thiazole rings is 1. The van der Waals surface area contributed by atoms with Crippen LogP contribution in [0.5, 0.6) is 0 Å². The second-order valence-corrected chi connectivity index (χ2v) is 11.8. The van der Waals surface area contributed by atoms with Crippen molar-refractivity contribution in [3.05, 3.63) is 73.2 Å². The number of halogens is 3. The Kier molecular flexibility index (Phi) is 6.62. The van der Waals surface area contributed by atoms with Crippen molar-refractivity contribution in [3.63, 3.8) is 0 Å². The van der Waals surface area contributed by atoms with Gasteiger partial charge in [-0.3, -0.25) is 14.4 Å². The lowest BCUT2D eigenvalue weighted by Crippen LogP contribution is -2.44. The summed E-state index contributed by atoms with van der Waals surface area (Å²) in [4.78, 5) is 43.4. The molecule has 2 N–H and O–H groups in total. The van der Waals surface area contributed by atoms with Gasteiger partial charge < -0.3 is 15.2 Å². The number of pyridine rings is 1. The highest BCUT2D eigenvalue weighted by molar-refractivity contribution is 7.20. The molecule has 4 aromatic rings. The van der Waals surface area contributed by atoms with Crippen molar-refractivity contribution >= 4 is 67.5 Å². The summed E-state index contributed by atoms with van der Waals surface area (Å²) in [6, 6.07) is 7.91. The lowest BCUT2D eigenvalue weighted by Gasteiger charge is -2.29. The van der Waals surface area contributed by atoms with Crippen molar-refractivity contribution < 1.29 is 14.0 Å². The van der Waals surface area contributed by atoms with E-state index < -0.39 is 17.2 Å². The van der Waals surface area contributed by atoms with Gasteiger partial charge in [0.1, 0.15) is 11.4 Å². The van der Waals surface area contributed by atoms with Gasteiger partial charge in [-0.25, -0.2) is 9.37 Å². The molecular formula is C27H23Cl2FN4O3S. The van der Waals surface area contributed by atoms with Gasteiger partial charge >= 0.3 is 0 Å². The van der Waals surface area contributed by atoms with E-state index >= 15 is 0 Å². The molecular weight excluding hydrogens is 550 g/mol. The van der Waals surface area contributed by atoms with Gasteiger partial charge in [-0.2, -0.15) is 0 Å². The molecule has 2 fully saturated rings. The van der Waals surface area contributed by atoms with E-state index in [-0.39, 0.29) is 40.0 Å². The van der Waals surface area contributed by atoms with Gasteiger partial charge in [0.2, 0.25) is 5.43 Å². The molecule has 38 heavy (non-hydrogen) atoms. The largest absolute Gasteiger partial charge is 0.349 e. The Morgan fingerprint density at radius 3 is 2.34 bits per heavy atom. The van der Waals surface area contributed by atoms with Crippen LogP contribution in [-0.2, 0) is 0 Å². The fourth-order valence-corrected chi connectivity index (χ4v) is 6.22. The number of hydrogen-bond donors (Lipinski definition) is 2. The molecule has 0 radical (unpaired) electrons. The van der Waals surface area contributed by atoms with Gasteiger partial charge in [-0.1, -0.05) is 23.2 Å². The number of nitrogens with zero attached hydrogens (tertiary/aromatic N) is 2.